The first-order valence-corrected chi connectivity index (χ1v) is 6.60. The molecule has 7 nitrogen and oxygen atoms in total. The second kappa shape index (κ2) is 5.56. The molecular formula is C13H16N4O3. The van der Waals surface area contributed by atoms with E-state index in [1.54, 1.807) is 12.3 Å². The van der Waals surface area contributed by atoms with Crippen molar-refractivity contribution < 1.29 is 14.4 Å². The van der Waals surface area contributed by atoms with Crippen LogP contribution in [0.15, 0.2) is 22.9 Å². The summed E-state index contributed by atoms with van der Waals surface area (Å²) < 4.78 is 10.8. The Hall–Kier alpha value is -1.99. The lowest BCUT2D eigenvalue weighted by Gasteiger charge is -2.30. The summed E-state index contributed by atoms with van der Waals surface area (Å²) in [5, 5.41) is 13.7. The predicted molar refractivity (Wildman–Crippen MR) is 70.0 cm³/mol. The molecule has 3 rings (SSSR count). The van der Waals surface area contributed by atoms with Gasteiger partial charge in [0.15, 0.2) is 5.69 Å². The van der Waals surface area contributed by atoms with Gasteiger partial charge in [0.2, 0.25) is 5.82 Å². The normalized spacial score (nSPS) is 20.1. The molecule has 2 aromatic rings. The molecule has 1 saturated heterocycles. The van der Waals surface area contributed by atoms with Crippen LogP contribution in [0.5, 0.6) is 5.75 Å². The number of likely N-dealkylation sites (N-methyl/N-ethyl adjacent to an activating group) is 1. The van der Waals surface area contributed by atoms with E-state index < -0.39 is 0 Å². The Morgan fingerprint density at radius 1 is 1.50 bits per heavy atom. The zero-order valence-electron chi connectivity index (χ0n) is 11.2. The molecule has 0 amide bonds. The minimum Gasteiger partial charge on any atom is -0.505 e. The van der Waals surface area contributed by atoms with Crippen LogP contribution in [0, 0.1) is 0 Å². The van der Waals surface area contributed by atoms with Crippen LogP contribution >= 0.6 is 0 Å². The molecule has 7 heteroatoms. The first-order chi connectivity index (χ1) is 9.78. The van der Waals surface area contributed by atoms with E-state index >= 15 is 0 Å². The van der Waals surface area contributed by atoms with Crippen LogP contribution in [-0.4, -0.2) is 51.4 Å². The van der Waals surface area contributed by atoms with E-state index in [2.05, 4.69) is 26.9 Å². The average molecular weight is 276 g/mol. The van der Waals surface area contributed by atoms with E-state index in [1.807, 2.05) is 0 Å². The molecule has 0 spiro atoms. The molecule has 1 atom stereocenters. The third-order valence-corrected chi connectivity index (χ3v) is 3.32. The summed E-state index contributed by atoms with van der Waals surface area (Å²) in [7, 11) is 0. The topological polar surface area (TPSA) is 84.5 Å². The highest BCUT2D eigenvalue weighted by molar-refractivity contribution is 5.55. The van der Waals surface area contributed by atoms with Crippen LogP contribution in [0.4, 0.5) is 0 Å². The minimum atomic E-state index is -0.202. The molecule has 1 unspecified atom stereocenters. The van der Waals surface area contributed by atoms with Gasteiger partial charge in [0.1, 0.15) is 11.9 Å². The number of hydrogen-bond acceptors (Lipinski definition) is 7. The fraction of sp³-hybridized carbons (Fsp3) is 0.462. The van der Waals surface area contributed by atoms with Gasteiger partial charge in [0, 0.05) is 19.3 Å². The second-order valence-corrected chi connectivity index (χ2v) is 4.58. The van der Waals surface area contributed by atoms with Crippen molar-refractivity contribution in [1.29, 1.82) is 0 Å². The van der Waals surface area contributed by atoms with Crippen LogP contribution in [0.3, 0.4) is 0 Å². The number of hydrogen-bond donors (Lipinski definition) is 1. The summed E-state index contributed by atoms with van der Waals surface area (Å²) in [6.45, 7) is 5.38. The summed E-state index contributed by atoms with van der Waals surface area (Å²) in [6.07, 6.45) is 1.36. The maximum Gasteiger partial charge on any atom is 0.280 e. The van der Waals surface area contributed by atoms with Gasteiger partial charge in [-0.25, -0.2) is 4.98 Å². The van der Waals surface area contributed by atoms with E-state index in [0.717, 1.165) is 19.6 Å². The van der Waals surface area contributed by atoms with Crippen LogP contribution < -0.4 is 0 Å². The third kappa shape index (κ3) is 2.50. The van der Waals surface area contributed by atoms with Gasteiger partial charge < -0.3 is 14.4 Å². The molecule has 106 valence electrons. The van der Waals surface area contributed by atoms with Crippen molar-refractivity contribution in [2.45, 2.75) is 13.0 Å². The average Bonchev–Trinajstić information content (AvgIpc) is 2.97. The molecule has 20 heavy (non-hydrogen) atoms. The lowest BCUT2D eigenvalue weighted by Crippen LogP contribution is -2.38. The highest BCUT2D eigenvalue weighted by Gasteiger charge is 2.26. The van der Waals surface area contributed by atoms with Gasteiger partial charge in [0.25, 0.3) is 5.89 Å². The molecule has 1 N–H and O–H groups in total. The van der Waals surface area contributed by atoms with E-state index in [1.165, 1.54) is 6.07 Å². The van der Waals surface area contributed by atoms with Gasteiger partial charge in [-0.1, -0.05) is 12.1 Å². The molecule has 0 aliphatic carbocycles. The zero-order valence-corrected chi connectivity index (χ0v) is 11.2. The summed E-state index contributed by atoms with van der Waals surface area (Å²) in [4.78, 5) is 10.6. The summed E-state index contributed by atoms with van der Waals surface area (Å²) in [5.74, 6) is 0.709. The van der Waals surface area contributed by atoms with E-state index in [9.17, 15) is 5.11 Å². The van der Waals surface area contributed by atoms with Crippen molar-refractivity contribution in [1.82, 2.24) is 20.0 Å². The first kappa shape index (κ1) is 13.0. The Morgan fingerprint density at radius 3 is 3.20 bits per heavy atom. The summed E-state index contributed by atoms with van der Waals surface area (Å²) in [5.41, 5.74) is 0.286. The maximum atomic E-state index is 9.73. The monoisotopic (exact) mass is 276 g/mol. The highest BCUT2D eigenvalue weighted by Crippen LogP contribution is 2.27. The van der Waals surface area contributed by atoms with Gasteiger partial charge in [-0.2, -0.15) is 4.98 Å². The van der Waals surface area contributed by atoms with Gasteiger partial charge in [-0.05, 0) is 18.7 Å². The maximum absolute atomic E-state index is 9.73. The van der Waals surface area contributed by atoms with Crippen molar-refractivity contribution in [2.24, 2.45) is 0 Å². The Morgan fingerprint density at radius 2 is 2.40 bits per heavy atom. The van der Waals surface area contributed by atoms with Crippen molar-refractivity contribution in [3.8, 4) is 17.3 Å². The molecule has 3 heterocycles. The SMILES string of the molecule is CCN1CCOC(c2noc(-c3ncccc3O)n2)C1. The number of aromatic hydroxyl groups is 1. The molecule has 0 radical (unpaired) electrons. The molecule has 0 saturated carbocycles. The largest absolute Gasteiger partial charge is 0.505 e. The van der Waals surface area contributed by atoms with Gasteiger partial charge in [-0.3, -0.25) is 4.90 Å². The molecular weight excluding hydrogens is 260 g/mol. The molecule has 1 fully saturated rings. The fourth-order valence-electron chi connectivity index (χ4n) is 2.17. The van der Waals surface area contributed by atoms with Crippen molar-refractivity contribution in [2.75, 3.05) is 26.2 Å². The van der Waals surface area contributed by atoms with Gasteiger partial charge in [-0.15, -0.1) is 0 Å². The first-order valence-electron chi connectivity index (χ1n) is 6.60. The number of nitrogens with zero attached hydrogens (tertiary/aromatic N) is 4. The number of pyridine rings is 1. The lowest BCUT2D eigenvalue weighted by atomic mass is 10.2. The summed E-state index contributed by atoms with van der Waals surface area (Å²) >= 11 is 0. The lowest BCUT2D eigenvalue weighted by molar-refractivity contribution is -0.0334. The number of morpholine rings is 1. The molecule has 1 aliphatic heterocycles. The smallest absolute Gasteiger partial charge is 0.280 e. The Labute approximate surface area is 116 Å². The van der Waals surface area contributed by atoms with Crippen LogP contribution in [-0.2, 0) is 4.74 Å². The molecule has 2 aromatic heterocycles. The Bertz CT molecular complexity index is 587. The summed E-state index contributed by atoms with van der Waals surface area (Å²) in [6, 6.07) is 3.17. The second-order valence-electron chi connectivity index (χ2n) is 4.58. The number of rotatable bonds is 3. The van der Waals surface area contributed by atoms with Crippen LogP contribution in [0.1, 0.15) is 18.9 Å². The molecule has 1 aliphatic rings. The van der Waals surface area contributed by atoms with E-state index in [0.29, 0.717) is 12.4 Å². The Kier molecular flexibility index (Phi) is 3.62. The van der Waals surface area contributed by atoms with Crippen molar-refractivity contribution >= 4 is 0 Å². The highest BCUT2D eigenvalue weighted by atomic mass is 16.5. The van der Waals surface area contributed by atoms with Gasteiger partial charge >= 0.3 is 0 Å². The number of aromatic nitrogens is 3. The van der Waals surface area contributed by atoms with Crippen LogP contribution in [0.25, 0.3) is 11.6 Å². The van der Waals surface area contributed by atoms with Crippen LogP contribution in [0.2, 0.25) is 0 Å². The van der Waals surface area contributed by atoms with E-state index in [4.69, 9.17) is 9.26 Å². The molecule has 0 aromatic carbocycles. The third-order valence-electron chi connectivity index (χ3n) is 3.32. The number of ether oxygens (including phenoxy) is 1. The van der Waals surface area contributed by atoms with Crippen molar-refractivity contribution in [3.05, 3.63) is 24.2 Å². The fourth-order valence-corrected chi connectivity index (χ4v) is 2.17. The standard InChI is InChI=1S/C13H16N4O3/c1-2-17-6-7-19-10(8-17)12-15-13(20-16-12)11-9(18)4-3-5-14-11/h3-5,10,18H,2,6-8H2,1H3. The van der Waals surface area contributed by atoms with Crippen molar-refractivity contribution in [3.63, 3.8) is 0 Å². The zero-order chi connectivity index (χ0) is 13.9. The predicted octanol–water partition coefficient (Wildman–Crippen LogP) is 1.23. The quantitative estimate of drug-likeness (QED) is 0.902. The minimum absolute atomic E-state index is 0.0162. The van der Waals surface area contributed by atoms with E-state index in [-0.39, 0.29) is 23.4 Å². The Balaban J connectivity index is 1.82. The van der Waals surface area contributed by atoms with Gasteiger partial charge in [0.05, 0.1) is 6.61 Å². The molecule has 0 bridgehead atoms.